The highest BCUT2D eigenvalue weighted by Gasteiger charge is 2.16. The molecule has 0 spiro atoms. The van der Waals surface area contributed by atoms with Gasteiger partial charge >= 0.3 is 0 Å². The SMILES string of the molecule is CC(CNC1CCSC1)S(C)=O. The lowest BCUT2D eigenvalue weighted by Gasteiger charge is -2.14. The zero-order chi connectivity index (χ0) is 8.97. The van der Waals surface area contributed by atoms with E-state index < -0.39 is 10.8 Å². The van der Waals surface area contributed by atoms with Gasteiger partial charge in [0.05, 0.1) is 0 Å². The van der Waals surface area contributed by atoms with Crippen LogP contribution in [0, 0.1) is 0 Å². The number of nitrogens with one attached hydrogen (secondary N) is 1. The summed E-state index contributed by atoms with van der Waals surface area (Å²) < 4.78 is 11.0. The number of thioether (sulfide) groups is 1. The second-order valence-electron chi connectivity index (χ2n) is 3.28. The molecule has 4 heteroatoms. The highest BCUT2D eigenvalue weighted by molar-refractivity contribution is 7.99. The van der Waals surface area contributed by atoms with E-state index in [1.54, 1.807) is 6.26 Å². The van der Waals surface area contributed by atoms with E-state index in [1.165, 1.54) is 17.9 Å². The molecule has 1 saturated heterocycles. The zero-order valence-corrected chi connectivity index (χ0v) is 9.34. The molecule has 3 atom stereocenters. The van der Waals surface area contributed by atoms with Gasteiger partial charge in [-0.05, 0) is 19.1 Å². The van der Waals surface area contributed by atoms with Gasteiger partial charge in [-0.25, -0.2) is 0 Å². The van der Waals surface area contributed by atoms with Crippen molar-refractivity contribution in [1.82, 2.24) is 5.32 Å². The maximum Gasteiger partial charge on any atom is 0.0441 e. The molecule has 0 aromatic carbocycles. The van der Waals surface area contributed by atoms with E-state index >= 15 is 0 Å². The van der Waals surface area contributed by atoms with Gasteiger partial charge < -0.3 is 5.32 Å². The summed E-state index contributed by atoms with van der Waals surface area (Å²) in [6.07, 6.45) is 3.05. The third-order valence-corrected chi connectivity index (χ3v) is 4.65. The van der Waals surface area contributed by atoms with E-state index in [1.807, 2.05) is 18.7 Å². The molecule has 0 aromatic rings. The number of rotatable bonds is 4. The molecule has 0 amide bonds. The van der Waals surface area contributed by atoms with Crippen LogP contribution in [0.5, 0.6) is 0 Å². The van der Waals surface area contributed by atoms with Crippen LogP contribution in [-0.2, 0) is 10.8 Å². The van der Waals surface area contributed by atoms with Gasteiger partial charge in [-0.15, -0.1) is 0 Å². The molecule has 0 aromatic heterocycles. The van der Waals surface area contributed by atoms with Crippen molar-refractivity contribution in [1.29, 1.82) is 0 Å². The Labute approximate surface area is 81.3 Å². The van der Waals surface area contributed by atoms with Gasteiger partial charge in [0.15, 0.2) is 0 Å². The fraction of sp³-hybridized carbons (Fsp3) is 1.00. The highest BCUT2D eigenvalue weighted by atomic mass is 32.2. The normalized spacial score (nSPS) is 28.7. The van der Waals surface area contributed by atoms with Crippen molar-refractivity contribution in [2.75, 3.05) is 24.3 Å². The van der Waals surface area contributed by atoms with E-state index in [4.69, 9.17) is 0 Å². The van der Waals surface area contributed by atoms with Gasteiger partial charge in [0.25, 0.3) is 0 Å². The molecule has 0 aliphatic carbocycles. The molecule has 1 aliphatic heterocycles. The summed E-state index contributed by atoms with van der Waals surface area (Å²) in [4.78, 5) is 0. The summed E-state index contributed by atoms with van der Waals surface area (Å²) in [5.74, 6) is 2.50. The lowest BCUT2D eigenvalue weighted by atomic mass is 10.2. The third-order valence-electron chi connectivity index (χ3n) is 2.19. The van der Waals surface area contributed by atoms with Gasteiger partial charge in [-0.2, -0.15) is 11.8 Å². The van der Waals surface area contributed by atoms with Crippen molar-refractivity contribution in [2.24, 2.45) is 0 Å². The molecule has 1 fully saturated rings. The minimum atomic E-state index is -0.680. The summed E-state index contributed by atoms with van der Waals surface area (Å²) in [6.45, 7) is 2.93. The predicted molar refractivity (Wildman–Crippen MR) is 57.3 cm³/mol. The summed E-state index contributed by atoms with van der Waals surface area (Å²) in [5.41, 5.74) is 0. The van der Waals surface area contributed by atoms with Crippen LogP contribution < -0.4 is 5.32 Å². The fourth-order valence-electron chi connectivity index (χ4n) is 1.15. The van der Waals surface area contributed by atoms with Crippen LogP contribution in [0.3, 0.4) is 0 Å². The molecular formula is C8H17NOS2. The average molecular weight is 207 g/mol. The summed E-state index contributed by atoms with van der Waals surface area (Å²) >= 11 is 2.00. The molecule has 72 valence electrons. The molecule has 0 saturated carbocycles. The van der Waals surface area contributed by atoms with E-state index in [9.17, 15) is 4.21 Å². The van der Waals surface area contributed by atoms with E-state index in [0.717, 1.165) is 6.54 Å². The van der Waals surface area contributed by atoms with Crippen LogP contribution in [0.2, 0.25) is 0 Å². The van der Waals surface area contributed by atoms with Crippen LogP contribution in [0.1, 0.15) is 13.3 Å². The van der Waals surface area contributed by atoms with Crippen LogP contribution in [0.25, 0.3) is 0 Å². The molecule has 2 nitrogen and oxygen atoms in total. The van der Waals surface area contributed by atoms with E-state index in [0.29, 0.717) is 6.04 Å². The molecular weight excluding hydrogens is 190 g/mol. The molecule has 1 heterocycles. The molecule has 1 rings (SSSR count). The summed E-state index contributed by atoms with van der Waals surface area (Å²) in [6, 6.07) is 0.668. The second-order valence-corrected chi connectivity index (χ2v) is 6.23. The third kappa shape index (κ3) is 3.46. The standard InChI is InChI=1S/C8H17NOS2/c1-7(12(2)10)5-9-8-3-4-11-6-8/h7-9H,3-6H2,1-2H3. The molecule has 1 N–H and O–H groups in total. The Morgan fingerprint density at radius 3 is 3.00 bits per heavy atom. The average Bonchev–Trinajstić information content (AvgIpc) is 2.51. The predicted octanol–water partition coefficient (Wildman–Crippen LogP) is 0.849. The highest BCUT2D eigenvalue weighted by Crippen LogP contribution is 2.16. The molecule has 0 radical (unpaired) electrons. The Morgan fingerprint density at radius 2 is 2.50 bits per heavy atom. The quantitative estimate of drug-likeness (QED) is 0.741. The Hall–Kier alpha value is 0.460. The first-order valence-corrected chi connectivity index (χ1v) is 7.11. The van der Waals surface area contributed by atoms with Crippen LogP contribution in [0.4, 0.5) is 0 Å². The first-order valence-electron chi connectivity index (χ1n) is 4.33. The largest absolute Gasteiger partial charge is 0.312 e. The first-order chi connectivity index (χ1) is 5.70. The van der Waals surface area contributed by atoms with Crippen LogP contribution in [0.15, 0.2) is 0 Å². The number of hydrogen-bond donors (Lipinski definition) is 1. The molecule has 1 aliphatic rings. The van der Waals surface area contributed by atoms with Crippen molar-refractivity contribution in [3.8, 4) is 0 Å². The summed E-state index contributed by atoms with van der Waals surface area (Å²) in [7, 11) is -0.680. The van der Waals surface area contributed by atoms with E-state index in [-0.39, 0.29) is 5.25 Å². The Kier molecular flexibility index (Phi) is 4.61. The van der Waals surface area contributed by atoms with Crippen molar-refractivity contribution in [2.45, 2.75) is 24.6 Å². The summed E-state index contributed by atoms with van der Waals surface area (Å²) in [5, 5.41) is 3.74. The second kappa shape index (κ2) is 5.25. The van der Waals surface area contributed by atoms with Crippen molar-refractivity contribution in [3.05, 3.63) is 0 Å². The number of hydrogen-bond acceptors (Lipinski definition) is 3. The van der Waals surface area contributed by atoms with Crippen molar-refractivity contribution >= 4 is 22.6 Å². The molecule has 3 unspecified atom stereocenters. The minimum Gasteiger partial charge on any atom is -0.312 e. The first kappa shape index (κ1) is 10.5. The lowest BCUT2D eigenvalue weighted by Crippen LogP contribution is -2.35. The Morgan fingerprint density at radius 1 is 1.75 bits per heavy atom. The fourth-order valence-corrected chi connectivity index (χ4v) is 2.66. The van der Waals surface area contributed by atoms with Crippen LogP contribution >= 0.6 is 11.8 Å². The van der Waals surface area contributed by atoms with Gasteiger partial charge in [-0.3, -0.25) is 4.21 Å². The van der Waals surface area contributed by atoms with E-state index in [2.05, 4.69) is 5.32 Å². The van der Waals surface area contributed by atoms with Crippen LogP contribution in [-0.4, -0.2) is 39.8 Å². The monoisotopic (exact) mass is 207 g/mol. The van der Waals surface area contributed by atoms with Crippen molar-refractivity contribution < 1.29 is 4.21 Å². The smallest absolute Gasteiger partial charge is 0.0441 e. The van der Waals surface area contributed by atoms with Crippen molar-refractivity contribution in [3.63, 3.8) is 0 Å². The zero-order valence-electron chi connectivity index (χ0n) is 7.71. The van der Waals surface area contributed by atoms with Gasteiger partial charge in [-0.1, -0.05) is 0 Å². The maximum absolute atomic E-state index is 11.0. The molecule has 12 heavy (non-hydrogen) atoms. The Balaban J connectivity index is 2.11. The molecule has 0 bridgehead atoms. The minimum absolute atomic E-state index is 0.288. The maximum atomic E-state index is 11.0. The van der Waals surface area contributed by atoms with Gasteiger partial charge in [0.2, 0.25) is 0 Å². The lowest BCUT2D eigenvalue weighted by molar-refractivity contribution is 0.554. The van der Waals surface area contributed by atoms with Gasteiger partial charge in [0, 0.05) is 40.6 Å². The topological polar surface area (TPSA) is 29.1 Å². The van der Waals surface area contributed by atoms with Gasteiger partial charge in [0.1, 0.15) is 0 Å². The Bertz CT molecular complexity index is 157.